The third kappa shape index (κ3) is 3.45. The largest absolute Gasteiger partial charge is 0.378 e. The molecule has 2 aromatic rings. The highest BCUT2D eigenvalue weighted by atomic mass is 35.5. The van der Waals surface area contributed by atoms with Crippen LogP contribution < -0.4 is 10.2 Å². The van der Waals surface area contributed by atoms with Gasteiger partial charge in [0.25, 0.3) is 0 Å². The summed E-state index contributed by atoms with van der Waals surface area (Å²) >= 11 is 6.09. The van der Waals surface area contributed by atoms with E-state index in [0.717, 1.165) is 18.8 Å². The molecule has 0 bridgehead atoms. The molecule has 0 saturated carbocycles. The van der Waals surface area contributed by atoms with Gasteiger partial charge in [-0.05, 0) is 24.3 Å². The first-order valence-electron chi connectivity index (χ1n) is 6.89. The number of rotatable bonds is 3. The number of halogens is 1. The van der Waals surface area contributed by atoms with Crippen LogP contribution in [0.2, 0.25) is 5.15 Å². The lowest BCUT2D eigenvalue weighted by molar-refractivity contribution is 0.122. The van der Waals surface area contributed by atoms with Crippen molar-refractivity contribution in [3.63, 3.8) is 0 Å². The third-order valence-electron chi connectivity index (χ3n) is 3.26. The summed E-state index contributed by atoms with van der Waals surface area (Å²) in [5.74, 6) is 1.21. The van der Waals surface area contributed by atoms with Gasteiger partial charge in [-0.1, -0.05) is 11.6 Å². The molecule has 1 N–H and O–H groups in total. The number of nitrogens with zero attached hydrogens (tertiary/aromatic N) is 4. The highest BCUT2D eigenvalue weighted by Crippen LogP contribution is 2.21. The number of ether oxygens (including phenoxy) is 1. The minimum atomic E-state index is 0.382. The molecular weight excluding hydrogens is 302 g/mol. The lowest BCUT2D eigenvalue weighted by Crippen LogP contribution is -2.37. The summed E-state index contributed by atoms with van der Waals surface area (Å²) in [5.41, 5.74) is 1.45. The number of nitrogens with one attached hydrogen (secondary N) is 1. The molecule has 6 nitrogen and oxygen atoms in total. The molecule has 22 heavy (non-hydrogen) atoms. The van der Waals surface area contributed by atoms with Crippen molar-refractivity contribution in [1.29, 1.82) is 5.26 Å². The molecule has 1 saturated heterocycles. The standard InChI is InChI=1S/C15H14ClN5O/c16-13-9-14(18-12-3-1-11(10-17)2-4-12)20-15(19-13)21-5-7-22-8-6-21/h1-4,9H,5-8H2,(H,18,19,20). The fourth-order valence-electron chi connectivity index (χ4n) is 2.15. The van der Waals surface area contributed by atoms with Crippen LogP contribution in [0.25, 0.3) is 0 Å². The molecule has 0 spiro atoms. The van der Waals surface area contributed by atoms with Gasteiger partial charge in [-0.15, -0.1) is 0 Å². The molecule has 0 amide bonds. The van der Waals surface area contributed by atoms with Gasteiger partial charge in [0.2, 0.25) is 5.95 Å². The van der Waals surface area contributed by atoms with Crippen LogP contribution in [-0.2, 0) is 4.74 Å². The Morgan fingerprint density at radius 1 is 1.18 bits per heavy atom. The number of anilines is 3. The fourth-order valence-corrected chi connectivity index (χ4v) is 2.33. The molecule has 0 aliphatic carbocycles. The average Bonchev–Trinajstić information content (AvgIpc) is 2.56. The Morgan fingerprint density at radius 2 is 1.91 bits per heavy atom. The molecule has 1 aromatic heterocycles. The Hall–Kier alpha value is -2.36. The molecule has 0 radical (unpaired) electrons. The second kappa shape index (κ2) is 6.60. The van der Waals surface area contributed by atoms with Crippen molar-refractivity contribution in [3.8, 4) is 6.07 Å². The van der Waals surface area contributed by atoms with Crippen molar-refractivity contribution < 1.29 is 4.74 Å². The SMILES string of the molecule is N#Cc1ccc(Nc2cc(Cl)nc(N3CCOCC3)n2)cc1. The number of morpholine rings is 1. The highest BCUT2D eigenvalue weighted by Gasteiger charge is 2.15. The van der Waals surface area contributed by atoms with E-state index in [9.17, 15) is 0 Å². The van der Waals surface area contributed by atoms with Gasteiger partial charge in [0.1, 0.15) is 11.0 Å². The normalized spacial score (nSPS) is 14.5. The van der Waals surface area contributed by atoms with Gasteiger partial charge in [0.15, 0.2) is 0 Å². The van der Waals surface area contributed by atoms with Gasteiger partial charge in [-0.3, -0.25) is 0 Å². The van der Waals surface area contributed by atoms with Gasteiger partial charge in [0.05, 0.1) is 24.8 Å². The topological polar surface area (TPSA) is 74.1 Å². The van der Waals surface area contributed by atoms with E-state index in [0.29, 0.717) is 35.7 Å². The molecule has 1 aromatic carbocycles. The van der Waals surface area contributed by atoms with Crippen LogP contribution in [0.3, 0.4) is 0 Å². The van der Waals surface area contributed by atoms with E-state index in [1.54, 1.807) is 18.2 Å². The Balaban J connectivity index is 1.80. The molecule has 7 heteroatoms. The van der Waals surface area contributed by atoms with Gasteiger partial charge in [0, 0.05) is 24.8 Å². The molecule has 0 unspecified atom stereocenters. The molecule has 1 fully saturated rings. The van der Waals surface area contributed by atoms with Crippen molar-refractivity contribution in [2.45, 2.75) is 0 Å². The monoisotopic (exact) mass is 315 g/mol. The van der Waals surface area contributed by atoms with E-state index in [-0.39, 0.29) is 0 Å². The first kappa shape index (κ1) is 14.6. The zero-order chi connectivity index (χ0) is 15.4. The van der Waals surface area contributed by atoms with Crippen LogP contribution in [0.15, 0.2) is 30.3 Å². The third-order valence-corrected chi connectivity index (χ3v) is 3.46. The van der Waals surface area contributed by atoms with E-state index in [1.165, 1.54) is 0 Å². The number of hydrogen-bond donors (Lipinski definition) is 1. The lowest BCUT2D eigenvalue weighted by Gasteiger charge is -2.27. The number of nitriles is 1. The maximum Gasteiger partial charge on any atom is 0.228 e. The molecule has 1 aliphatic rings. The summed E-state index contributed by atoms with van der Waals surface area (Å²) < 4.78 is 5.33. The smallest absolute Gasteiger partial charge is 0.228 e. The van der Waals surface area contributed by atoms with Crippen LogP contribution in [0.1, 0.15) is 5.56 Å². The predicted molar refractivity (Wildman–Crippen MR) is 84.5 cm³/mol. The van der Waals surface area contributed by atoms with Crippen LogP contribution in [0.5, 0.6) is 0 Å². The minimum Gasteiger partial charge on any atom is -0.378 e. The Labute approximate surface area is 133 Å². The number of hydrogen-bond acceptors (Lipinski definition) is 6. The van der Waals surface area contributed by atoms with Crippen molar-refractivity contribution >= 4 is 29.1 Å². The number of aromatic nitrogens is 2. The van der Waals surface area contributed by atoms with Gasteiger partial charge < -0.3 is 15.0 Å². The summed E-state index contributed by atoms with van der Waals surface area (Å²) in [6, 6.07) is 10.9. The van der Waals surface area contributed by atoms with Crippen LogP contribution in [0.4, 0.5) is 17.5 Å². The molecule has 0 atom stereocenters. The molecule has 112 valence electrons. The maximum absolute atomic E-state index is 8.81. The quantitative estimate of drug-likeness (QED) is 0.878. The second-order valence-electron chi connectivity index (χ2n) is 4.79. The van der Waals surface area contributed by atoms with E-state index >= 15 is 0 Å². The summed E-state index contributed by atoms with van der Waals surface area (Å²) in [4.78, 5) is 10.8. The lowest BCUT2D eigenvalue weighted by atomic mass is 10.2. The van der Waals surface area contributed by atoms with Crippen molar-refractivity contribution in [2.75, 3.05) is 36.5 Å². The first-order chi connectivity index (χ1) is 10.7. The molecule has 2 heterocycles. The Kier molecular flexibility index (Phi) is 4.37. The first-order valence-corrected chi connectivity index (χ1v) is 7.27. The van der Waals surface area contributed by atoms with Gasteiger partial charge in [-0.2, -0.15) is 10.2 Å². The molecule has 1 aliphatic heterocycles. The summed E-state index contributed by atoms with van der Waals surface area (Å²) in [7, 11) is 0. The molecule has 3 rings (SSSR count). The van der Waals surface area contributed by atoms with Crippen LogP contribution in [0, 0.1) is 11.3 Å². The van der Waals surface area contributed by atoms with E-state index in [2.05, 4.69) is 21.4 Å². The van der Waals surface area contributed by atoms with E-state index in [1.807, 2.05) is 17.0 Å². The highest BCUT2D eigenvalue weighted by molar-refractivity contribution is 6.29. The van der Waals surface area contributed by atoms with E-state index < -0.39 is 0 Å². The Morgan fingerprint density at radius 3 is 2.59 bits per heavy atom. The maximum atomic E-state index is 8.81. The number of benzene rings is 1. The van der Waals surface area contributed by atoms with Crippen LogP contribution in [-0.4, -0.2) is 36.3 Å². The zero-order valence-corrected chi connectivity index (χ0v) is 12.5. The van der Waals surface area contributed by atoms with Crippen LogP contribution >= 0.6 is 11.6 Å². The summed E-state index contributed by atoms with van der Waals surface area (Å²) in [6.45, 7) is 2.82. The minimum absolute atomic E-state index is 0.382. The zero-order valence-electron chi connectivity index (χ0n) is 11.8. The Bertz CT molecular complexity index is 692. The average molecular weight is 316 g/mol. The summed E-state index contributed by atoms with van der Waals surface area (Å²) in [6.07, 6.45) is 0. The second-order valence-corrected chi connectivity index (χ2v) is 5.18. The van der Waals surface area contributed by atoms with E-state index in [4.69, 9.17) is 21.6 Å². The molecular formula is C15H14ClN5O. The van der Waals surface area contributed by atoms with Gasteiger partial charge in [-0.25, -0.2) is 4.98 Å². The van der Waals surface area contributed by atoms with Gasteiger partial charge >= 0.3 is 0 Å². The van der Waals surface area contributed by atoms with Crippen molar-refractivity contribution in [1.82, 2.24) is 9.97 Å². The van der Waals surface area contributed by atoms with Crippen molar-refractivity contribution in [2.24, 2.45) is 0 Å². The fraction of sp³-hybridized carbons (Fsp3) is 0.267. The predicted octanol–water partition coefficient (Wildman–Crippen LogP) is 2.58. The summed E-state index contributed by atoms with van der Waals surface area (Å²) in [5, 5.41) is 12.4. The van der Waals surface area contributed by atoms with Crippen molar-refractivity contribution in [3.05, 3.63) is 41.0 Å².